The number of halogens is 1. The van der Waals surface area contributed by atoms with Gasteiger partial charge in [0.25, 0.3) is 0 Å². The molecule has 2 N–H and O–H groups in total. The SMILES string of the molecule is NC1CCC(Cc2cncc(Br)c2)C1. The van der Waals surface area contributed by atoms with Crippen LogP contribution < -0.4 is 5.73 Å². The lowest BCUT2D eigenvalue weighted by molar-refractivity contribution is 0.534. The van der Waals surface area contributed by atoms with Crippen molar-refractivity contribution in [2.75, 3.05) is 0 Å². The van der Waals surface area contributed by atoms with Crippen molar-refractivity contribution in [3.63, 3.8) is 0 Å². The molecular formula is C11H15BrN2. The van der Waals surface area contributed by atoms with Gasteiger partial charge in [0.05, 0.1) is 0 Å². The number of nitrogens with zero attached hydrogens (tertiary/aromatic N) is 1. The van der Waals surface area contributed by atoms with E-state index in [4.69, 9.17) is 5.73 Å². The quantitative estimate of drug-likeness (QED) is 0.881. The predicted octanol–water partition coefficient (Wildman–Crippen LogP) is 2.51. The molecule has 0 spiro atoms. The fraction of sp³-hybridized carbons (Fsp3) is 0.545. The van der Waals surface area contributed by atoms with E-state index in [1.807, 2.05) is 12.4 Å². The molecule has 2 atom stereocenters. The second-order valence-electron chi connectivity index (χ2n) is 4.15. The van der Waals surface area contributed by atoms with Gasteiger partial charge in [0.15, 0.2) is 0 Å². The zero-order chi connectivity index (χ0) is 9.97. The Morgan fingerprint density at radius 3 is 2.93 bits per heavy atom. The predicted molar refractivity (Wildman–Crippen MR) is 61.0 cm³/mol. The fourth-order valence-corrected chi connectivity index (χ4v) is 2.61. The van der Waals surface area contributed by atoms with Gasteiger partial charge in [-0.25, -0.2) is 0 Å². The van der Waals surface area contributed by atoms with Crippen LogP contribution in [0.25, 0.3) is 0 Å². The third-order valence-corrected chi connectivity index (χ3v) is 3.30. The highest BCUT2D eigenvalue weighted by Gasteiger charge is 2.21. The van der Waals surface area contributed by atoms with E-state index in [0.717, 1.165) is 16.8 Å². The van der Waals surface area contributed by atoms with Gasteiger partial charge in [-0.2, -0.15) is 0 Å². The van der Waals surface area contributed by atoms with Gasteiger partial charge in [-0.1, -0.05) is 0 Å². The summed E-state index contributed by atoms with van der Waals surface area (Å²) >= 11 is 3.44. The molecule has 1 heterocycles. The lowest BCUT2D eigenvalue weighted by Gasteiger charge is -2.08. The molecule has 0 amide bonds. The van der Waals surface area contributed by atoms with Crippen LogP contribution in [-0.4, -0.2) is 11.0 Å². The fourth-order valence-electron chi connectivity index (χ4n) is 2.20. The molecule has 1 aliphatic carbocycles. The van der Waals surface area contributed by atoms with Crippen LogP contribution in [0.3, 0.4) is 0 Å². The smallest absolute Gasteiger partial charge is 0.0410 e. The van der Waals surface area contributed by atoms with E-state index in [-0.39, 0.29) is 0 Å². The summed E-state index contributed by atoms with van der Waals surface area (Å²) in [6.07, 6.45) is 8.53. The molecule has 0 saturated heterocycles. The molecule has 0 aromatic carbocycles. The van der Waals surface area contributed by atoms with Crippen LogP contribution in [0.5, 0.6) is 0 Å². The van der Waals surface area contributed by atoms with Crippen molar-refractivity contribution < 1.29 is 0 Å². The summed E-state index contributed by atoms with van der Waals surface area (Å²) in [6, 6.07) is 2.58. The van der Waals surface area contributed by atoms with Gasteiger partial charge in [-0.05, 0) is 59.2 Å². The van der Waals surface area contributed by atoms with Crippen molar-refractivity contribution in [2.24, 2.45) is 11.7 Å². The second-order valence-corrected chi connectivity index (χ2v) is 5.07. The molecule has 0 aliphatic heterocycles. The minimum atomic E-state index is 0.431. The Balaban J connectivity index is 1.97. The van der Waals surface area contributed by atoms with Crippen molar-refractivity contribution in [3.05, 3.63) is 28.5 Å². The van der Waals surface area contributed by atoms with Crippen LogP contribution in [0.1, 0.15) is 24.8 Å². The van der Waals surface area contributed by atoms with Crippen molar-refractivity contribution in [2.45, 2.75) is 31.7 Å². The lowest BCUT2D eigenvalue weighted by Crippen LogP contribution is -2.15. The summed E-state index contributed by atoms with van der Waals surface area (Å²) in [4.78, 5) is 4.17. The number of pyridine rings is 1. The molecule has 2 nitrogen and oxygen atoms in total. The molecule has 76 valence electrons. The zero-order valence-electron chi connectivity index (χ0n) is 8.12. The van der Waals surface area contributed by atoms with Crippen molar-refractivity contribution in [3.8, 4) is 0 Å². The Morgan fingerprint density at radius 1 is 1.43 bits per heavy atom. The Kier molecular flexibility index (Phi) is 3.19. The Bertz CT molecular complexity index is 314. The third kappa shape index (κ3) is 2.55. The standard InChI is InChI=1S/C11H15BrN2/c12-10-4-9(6-14-7-10)3-8-1-2-11(13)5-8/h4,6-8,11H,1-3,5,13H2. The summed E-state index contributed by atoms with van der Waals surface area (Å²) in [7, 11) is 0. The number of aromatic nitrogens is 1. The van der Waals surface area contributed by atoms with Crippen LogP contribution in [0.4, 0.5) is 0 Å². The van der Waals surface area contributed by atoms with Crippen molar-refractivity contribution in [1.82, 2.24) is 4.98 Å². The first kappa shape index (κ1) is 10.1. The van der Waals surface area contributed by atoms with Crippen LogP contribution in [0, 0.1) is 5.92 Å². The average Bonchev–Trinajstić information content (AvgIpc) is 2.51. The van der Waals surface area contributed by atoms with Gasteiger partial charge in [-0.3, -0.25) is 4.98 Å². The third-order valence-electron chi connectivity index (χ3n) is 2.87. The molecule has 1 fully saturated rings. The normalized spacial score (nSPS) is 26.7. The largest absolute Gasteiger partial charge is 0.328 e. The minimum absolute atomic E-state index is 0.431. The Labute approximate surface area is 93.0 Å². The highest BCUT2D eigenvalue weighted by Crippen LogP contribution is 2.27. The van der Waals surface area contributed by atoms with Crippen LogP contribution >= 0.6 is 15.9 Å². The molecule has 14 heavy (non-hydrogen) atoms. The average molecular weight is 255 g/mol. The molecule has 1 aromatic rings. The van der Waals surface area contributed by atoms with Crippen molar-refractivity contribution >= 4 is 15.9 Å². The molecule has 2 rings (SSSR count). The van der Waals surface area contributed by atoms with E-state index in [9.17, 15) is 0 Å². The van der Waals surface area contributed by atoms with E-state index in [0.29, 0.717) is 6.04 Å². The van der Waals surface area contributed by atoms with E-state index in [2.05, 4.69) is 27.0 Å². The van der Waals surface area contributed by atoms with E-state index >= 15 is 0 Å². The lowest BCUT2D eigenvalue weighted by atomic mass is 9.99. The van der Waals surface area contributed by atoms with E-state index in [1.54, 1.807) is 0 Å². The summed E-state index contributed by atoms with van der Waals surface area (Å²) in [6.45, 7) is 0. The monoisotopic (exact) mass is 254 g/mol. The van der Waals surface area contributed by atoms with Gasteiger partial charge in [0.2, 0.25) is 0 Å². The summed E-state index contributed by atoms with van der Waals surface area (Å²) in [5.74, 6) is 0.765. The summed E-state index contributed by atoms with van der Waals surface area (Å²) < 4.78 is 1.07. The maximum absolute atomic E-state index is 5.88. The molecule has 0 bridgehead atoms. The minimum Gasteiger partial charge on any atom is -0.328 e. The van der Waals surface area contributed by atoms with E-state index in [1.165, 1.54) is 24.8 Å². The van der Waals surface area contributed by atoms with Crippen LogP contribution in [0.15, 0.2) is 22.9 Å². The van der Waals surface area contributed by atoms with Gasteiger partial charge in [0.1, 0.15) is 0 Å². The first-order valence-corrected chi connectivity index (χ1v) is 5.88. The molecular weight excluding hydrogens is 240 g/mol. The highest BCUT2D eigenvalue weighted by atomic mass is 79.9. The number of rotatable bonds is 2. The first-order valence-electron chi connectivity index (χ1n) is 5.09. The molecule has 1 aliphatic rings. The Hall–Kier alpha value is -0.410. The topological polar surface area (TPSA) is 38.9 Å². The first-order chi connectivity index (χ1) is 6.74. The number of hydrogen-bond acceptors (Lipinski definition) is 2. The molecule has 3 heteroatoms. The highest BCUT2D eigenvalue weighted by molar-refractivity contribution is 9.10. The number of nitrogens with two attached hydrogens (primary N) is 1. The van der Waals surface area contributed by atoms with Gasteiger partial charge >= 0.3 is 0 Å². The van der Waals surface area contributed by atoms with Crippen LogP contribution in [0.2, 0.25) is 0 Å². The second kappa shape index (κ2) is 4.41. The van der Waals surface area contributed by atoms with Gasteiger partial charge < -0.3 is 5.73 Å². The molecule has 1 aromatic heterocycles. The molecule has 1 saturated carbocycles. The summed E-state index contributed by atoms with van der Waals surface area (Å²) in [5, 5.41) is 0. The van der Waals surface area contributed by atoms with E-state index < -0.39 is 0 Å². The van der Waals surface area contributed by atoms with Crippen LogP contribution in [-0.2, 0) is 6.42 Å². The molecule has 0 radical (unpaired) electrons. The zero-order valence-corrected chi connectivity index (χ0v) is 9.70. The maximum atomic E-state index is 5.88. The maximum Gasteiger partial charge on any atom is 0.0410 e. The Morgan fingerprint density at radius 2 is 2.29 bits per heavy atom. The van der Waals surface area contributed by atoms with Crippen molar-refractivity contribution in [1.29, 1.82) is 0 Å². The molecule has 2 unspecified atom stereocenters. The summed E-state index contributed by atoms with van der Waals surface area (Å²) in [5.41, 5.74) is 7.20. The van der Waals surface area contributed by atoms with Gasteiger partial charge in [0, 0.05) is 22.9 Å². The number of hydrogen-bond donors (Lipinski definition) is 1. The van der Waals surface area contributed by atoms with Gasteiger partial charge in [-0.15, -0.1) is 0 Å².